The number of amides is 1. The first-order chi connectivity index (χ1) is 10.7. The van der Waals surface area contributed by atoms with E-state index in [-0.39, 0.29) is 17.7 Å². The van der Waals surface area contributed by atoms with Gasteiger partial charge in [0.05, 0.1) is 6.20 Å². The van der Waals surface area contributed by atoms with Gasteiger partial charge in [-0.25, -0.2) is 0 Å². The summed E-state index contributed by atoms with van der Waals surface area (Å²) in [6.45, 7) is 3.89. The molecule has 0 unspecified atom stereocenters. The van der Waals surface area contributed by atoms with E-state index in [2.05, 4.69) is 20.8 Å². The second kappa shape index (κ2) is 6.57. The van der Waals surface area contributed by atoms with Crippen LogP contribution in [-0.2, 0) is 6.54 Å². The minimum atomic E-state index is -0.276. The first-order valence-corrected chi connectivity index (χ1v) is 7.24. The number of carbonyl (C=O) groups is 1. The number of aryl methyl sites for hydroxylation is 1. The molecular weight excluding hydrogens is 284 g/mol. The van der Waals surface area contributed by atoms with E-state index in [9.17, 15) is 4.79 Å². The van der Waals surface area contributed by atoms with E-state index in [1.54, 1.807) is 25.4 Å². The molecule has 0 spiro atoms. The molecule has 3 heterocycles. The van der Waals surface area contributed by atoms with Gasteiger partial charge in [0.25, 0.3) is 5.91 Å². The van der Waals surface area contributed by atoms with Crippen molar-refractivity contribution < 1.29 is 14.1 Å². The van der Waals surface area contributed by atoms with Gasteiger partial charge in [-0.3, -0.25) is 9.78 Å². The summed E-state index contributed by atoms with van der Waals surface area (Å²) in [6.07, 6.45) is 4.48. The highest BCUT2D eigenvalue weighted by Gasteiger charge is 2.18. The normalized spacial score (nSPS) is 17.4. The Bertz CT molecular complexity index is 650. The van der Waals surface area contributed by atoms with Crippen molar-refractivity contribution in [2.75, 3.05) is 13.1 Å². The van der Waals surface area contributed by atoms with Crippen LogP contribution in [0.1, 0.15) is 28.2 Å². The lowest BCUT2D eigenvalue weighted by atomic mass is 10.2. The van der Waals surface area contributed by atoms with E-state index < -0.39 is 0 Å². The molecule has 2 aromatic rings. The third kappa shape index (κ3) is 3.43. The largest absolute Gasteiger partial charge is 0.487 e. The predicted molar refractivity (Wildman–Crippen MR) is 78.5 cm³/mol. The minimum Gasteiger partial charge on any atom is -0.487 e. The molecule has 1 aliphatic rings. The van der Waals surface area contributed by atoms with Gasteiger partial charge in [-0.1, -0.05) is 5.16 Å². The molecule has 1 amide bonds. The maximum atomic E-state index is 12.0. The summed E-state index contributed by atoms with van der Waals surface area (Å²) in [5, 5.41) is 9.76. The van der Waals surface area contributed by atoms with Gasteiger partial charge in [0, 0.05) is 30.9 Å². The van der Waals surface area contributed by atoms with Gasteiger partial charge in [0.15, 0.2) is 5.69 Å². The number of ether oxygens (including phenoxy) is 1. The molecule has 0 radical (unpaired) electrons. The average molecular weight is 302 g/mol. The second-order valence-electron chi connectivity index (χ2n) is 5.22. The zero-order valence-electron chi connectivity index (χ0n) is 12.3. The van der Waals surface area contributed by atoms with E-state index in [4.69, 9.17) is 9.26 Å². The van der Waals surface area contributed by atoms with Gasteiger partial charge in [-0.2, -0.15) is 0 Å². The van der Waals surface area contributed by atoms with Crippen molar-refractivity contribution in [1.82, 2.24) is 20.8 Å². The Morgan fingerprint density at radius 1 is 1.59 bits per heavy atom. The van der Waals surface area contributed by atoms with Gasteiger partial charge in [0.1, 0.15) is 17.6 Å². The molecule has 1 aliphatic heterocycles. The lowest BCUT2D eigenvalue weighted by Gasteiger charge is -2.15. The smallest absolute Gasteiger partial charge is 0.273 e. The quantitative estimate of drug-likeness (QED) is 0.858. The van der Waals surface area contributed by atoms with Crippen molar-refractivity contribution in [3.8, 4) is 5.75 Å². The third-order valence-electron chi connectivity index (χ3n) is 3.48. The summed E-state index contributed by atoms with van der Waals surface area (Å²) >= 11 is 0. The fourth-order valence-electron chi connectivity index (χ4n) is 2.31. The summed E-state index contributed by atoms with van der Waals surface area (Å²) in [6, 6.07) is 3.44. The molecule has 116 valence electrons. The first-order valence-electron chi connectivity index (χ1n) is 7.24. The molecule has 22 heavy (non-hydrogen) atoms. The van der Waals surface area contributed by atoms with Crippen LogP contribution < -0.4 is 15.4 Å². The molecule has 1 fully saturated rings. The lowest BCUT2D eigenvalue weighted by molar-refractivity contribution is 0.0941. The van der Waals surface area contributed by atoms with Crippen LogP contribution in [0, 0.1) is 6.92 Å². The maximum Gasteiger partial charge on any atom is 0.273 e. The molecule has 0 aliphatic carbocycles. The summed E-state index contributed by atoms with van der Waals surface area (Å²) in [5.41, 5.74) is 1.16. The number of nitrogens with one attached hydrogen (secondary N) is 2. The highest BCUT2D eigenvalue weighted by molar-refractivity contribution is 5.92. The van der Waals surface area contributed by atoms with E-state index >= 15 is 0 Å². The topological polar surface area (TPSA) is 89.3 Å². The third-order valence-corrected chi connectivity index (χ3v) is 3.48. The van der Waals surface area contributed by atoms with E-state index in [1.165, 1.54) is 0 Å². The van der Waals surface area contributed by atoms with Crippen LogP contribution in [0.15, 0.2) is 29.0 Å². The zero-order chi connectivity index (χ0) is 15.4. The van der Waals surface area contributed by atoms with Crippen LogP contribution in [0.2, 0.25) is 0 Å². The van der Waals surface area contributed by atoms with E-state index in [0.29, 0.717) is 18.1 Å². The number of hydrogen-bond donors (Lipinski definition) is 2. The predicted octanol–water partition coefficient (Wildman–Crippen LogP) is 1.05. The van der Waals surface area contributed by atoms with Crippen LogP contribution in [-0.4, -0.2) is 35.2 Å². The van der Waals surface area contributed by atoms with Crippen molar-refractivity contribution in [2.45, 2.75) is 26.0 Å². The number of pyridine rings is 1. The number of rotatable bonds is 5. The number of aromatic nitrogens is 2. The number of nitrogens with zero attached hydrogens (tertiary/aromatic N) is 2. The van der Waals surface area contributed by atoms with Crippen LogP contribution in [0.4, 0.5) is 0 Å². The van der Waals surface area contributed by atoms with Crippen LogP contribution in [0.5, 0.6) is 5.75 Å². The SMILES string of the molecule is Cc1cc(C(=O)NCc2ccncc2O[C@H]2CCNC2)no1. The molecule has 1 saturated heterocycles. The molecule has 0 bridgehead atoms. The van der Waals surface area contributed by atoms with Crippen LogP contribution >= 0.6 is 0 Å². The molecule has 2 aromatic heterocycles. The van der Waals surface area contributed by atoms with E-state index in [0.717, 1.165) is 25.1 Å². The lowest BCUT2D eigenvalue weighted by Crippen LogP contribution is -2.25. The summed E-state index contributed by atoms with van der Waals surface area (Å²) in [5.74, 6) is 1.03. The molecule has 0 saturated carbocycles. The molecule has 7 nitrogen and oxygen atoms in total. The van der Waals surface area contributed by atoms with Crippen molar-refractivity contribution in [3.05, 3.63) is 41.5 Å². The molecule has 1 atom stereocenters. The Labute approximate surface area is 128 Å². The minimum absolute atomic E-state index is 0.150. The highest BCUT2D eigenvalue weighted by atomic mass is 16.5. The Morgan fingerprint density at radius 2 is 2.50 bits per heavy atom. The maximum absolute atomic E-state index is 12.0. The molecule has 7 heteroatoms. The van der Waals surface area contributed by atoms with Crippen molar-refractivity contribution in [3.63, 3.8) is 0 Å². The molecule has 2 N–H and O–H groups in total. The molecular formula is C15H18N4O3. The van der Waals surface area contributed by atoms with Crippen LogP contribution in [0.25, 0.3) is 0 Å². The number of hydrogen-bond acceptors (Lipinski definition) is 6. The van der Waals surface area contributed by atoms with Gasteiger partial charge < -0.3 is 19.9 Å². The Kier molecular flexibility index (Phi) is 4.34. The molecule has 0 aromatic carbocycles. The Hall–Kier alpha value is -2.41. The summed E-state index contributed by atoms with van der Waals surface area (Å²) < 4.78 is 10.8. The van der Waals surface area contributed by atoms with E-state index in [1.807, 2.05) is 6.07 Å². The van der Waals surface area contributed by atoms with Crippen molar-refractivity contribution in [1.29, 1.82) is 0 Å². The number of carbonyl (C=O) groups excluding carboxylic acids is 1. The average Bonchev–Trinajstić information content (AvgIpc) is 3.18. The summed E-state index contributed by atoms with van der Waals surface area (Å²) in [7, 11) is 0. The summed E-state index contributed by atoms with van der Waals surface area (Å²) in [4.78, 5) is 16.1. The first kappa shape index (κ1) is 14.5. The van der Waals surface area contributed by atoms with Crippen molar-refractivity contribution in [2.24, 2.45) is 0 Å². The zero-order valence-corrected chi connectivity index (χ0v) is 12.3. The van der Waals surface area contributed by atoms with Crippen LogP contribution in [0.3, 0.4) is 0 Å². The molecule has 3 rings (SSSR count). The van der Waals surface area contributed by atoms with Crippen molar-refractivity contribution >= 4 is 5.91 Å². The van der Waals surface area contributed by atoms with Gasteiger partial charge in [-0.15, -0.1) is 0 Å². The second-order valence-corrected chi connectivity index (χ2v) is 5.22. The van der Waals surface area contributed by atoms with Gasteiger partial charge in [0.2, 0.25) is 0 Å². The Balaban J connectivity index is 1.63. The Morgan fingerprint density at radius 3 is 3.23 bits per heavy atom. The fraction of sp³-hybridized carbons (Fsp3) is 0.400. The van der Waals surface area contributed by atoms with Gasteiger partial charge >= 0.3 is 0 Å². The monoisotopic (exact) mass is 302 g/mol. The fourth-order valence-corrected chi connectivity index (χ4v) is 2.31. The van der Waals surface area contributed by atoms with Gasteiger partial charge in [-0.05, 0) is 26.0 Å². The highest BCUT2D eigenvalue weighted by Crippen LogP contribution is 2.19. The standard InChI is InChI=1S/C15H18N4O3/c1-10-6-13(19-22-10)15(20)18-7-11-2-4-17-9-14(11)21-12-3-5-16-8-12/h2,4,6,9,12,16H,3,5,7-8H2,1H3,(H,18,20)/t12-/m0/s1.